The Bertz CT molecular complexity index is 601. The maximum atomic E-state index is 12.7. The molecule has 0 saturated carbocycles. The van der Waals surface area contributed by atoms with Crippen LogP contribution in [0.1, 0.15) is 40.2 Å². The number of aryl methyl sites for hydroxylation is 1. The number of hydrogen-bond acceptors (Lipinski definition) is 1. The zero-order valence-corrected chi connectivity index (χ0v) is 12.8. The number of Topliss-reactive ketones (excluding diaryl/α,β-unsaturated/α-hetero) is 1. The van der Waals surface area contributed by atoms with Gasteiger partial charge in [-0.25, -0.2) is 0 Å². The highest BCUT2D eigenvalue weighted by molar-refractivity contribution is 14.1. The fourth-order valence-corrected chi connectivity index (χ4v) is 3.20. The largest absolute Gasteiger partial charge is 0.293 e. The van der Waals surface area contributed by atoms with E-state index < -0.39 is 0 Å². The van der Waals surface area contributed by atoms with Gasteiger partial charge in [0, 0.05) is 15.1 Å². The third-order valence-electron chi connectivity index (χ3n) is 3.81. The van der Waals surface area contributed by atoms with Gasteiger partial charge in [-0.1, -0.05) is 36.4 Å². The summed E-state index contributed by atoms with van der Waals surface area (Å²) in [4.78, 5) is 12.7. The maximum Gasteiger partial charge on any atom is 0.170 e. The quantitative estimate of drug-likeness (QED) is 0.564. The van der Waals surface area contributed by atoms with Crippen molar-refractivity contribution in [3.63, 3.8) is 0 Å². The smallest absolute Gasteiger partial charge is 0.170 e. The predicted octanol–water partition coefficient (Wildman–Crippen LogP) is 4.59. The standard InChI is InChI=1S/C17H15IO/c18-14-10-8-13(9-11-14)17(19)16-7-3-5-12-4-1-2-6-15(12)16/h1-2,4,6,8-11,16H,3,5,7H2. The van der Waals surface area contributed by atoms with Gasteiger partial charge in [0.1, 0.15) is 0 Å². The van der Waals surface area contributed by atoms with E-state index in [-0.39, 0.29) is 11.7 Å². The van der Waals surface area contributed by atoms with Crippen LogP contribution in [0.2, 0.25) is 0 Å². The molecule has 0 N–H and O–H groups in total. The molecule has 0 fully saturated rings. The normalized spacial score (nSPS) is 17.8. The van der Waals surface area contributed by atoms with E-state index >= 15 is 0 Å². The van der Waals surface area contributed by atoms with Gasteiger partial charge in [0.25, 0.3) is 0 Å². The summed E-state index contributed by atoms with van der Waals surface area (Å²) in [6.45, 7) is 0. The molecule has 1 unspecified atom stereocenters. The van der Waals surface area contributed by atoms with E-state index in [1.807, 2.05) is 30.3 Å². The summed E-state index contributed by atoms with van der Waals surface area (Å²) in [5.41, 5.74) is 3.41. The van der Waals surface area contributed by atoms with E-state index in [2.05, 4.69) is 40.8 Å². The molecule has 19 heavy (non-hydrogen) atoms. The van der Waals surface area contributed by atoms with E-state index in [1.165, 1.54) is 11.1 Å². The molecule has 96 valence electrons. The van der Waals surface area contributed by atoms with Crippen molar-refractivity contribution in [3.8, 4) is 0 Å². The van der Waals surface area contributed by atoms with Crippen LogP contribution in [0.4, 0.5) is 0 Å². The second-order valence-corrected chi connectivity index (χ2v) is 6.26. The van der Waals surface area contributed by atoms with Gasteiger partial charge in [0.2, 0.25) is 0 Å². The van der Waals surface area contributed by atoms with Crippen molar-refractivity contribution in [1.82, 2.24) is 0 Å². The van der Waals surface area contributed by atoms with Gasteiger partial charge in [-0.2, -0.15) is 0 Å². The summed E-state index contributed by atoms with van der Waals surface area (Å²) >= 11 is 2.26. The molecule has 1 atom stereocenters. The van der Waals surface area contributed by atoms with E-state index in [0.29, 0.717) is 0 Å². The van der Waals surface area contributed by atoms with Gasteiger partial charge in [-0.3, -0.25) is 4.79 Å². The molecular weight excluding hydrogens is 347 g/mol. The zero-order valence-electron chi connectivity index (χ0n) is 10.6. The summed E-state index contributed by atoms with van der Waals surface area (Å²) in [5.74, 6) is 0.313. The Morgan fingerprint density at radius 2 is 1.79 bits per heavy atom. The summed E-state index contributed by atoms with van der Waals surface area (Å²) in [5, 5.41) is 0. The Hall–Kier alpha value is -1.16. The van der Waals surface area contributed by atoms with Crippen LogP contribution in [-0.2, 0) is 6.42 Å². The van der Waals surface area contributed by atoms with E-state index in [4.69, 9.17) is 0 Å². The van der Waals surface area contributed by atoms with E-state index in [9.17, 15) is 4.79 Å². The molecule has 0 aliphatic heterocycles. The highest BCUT2D eigenvalue weighted by Crippen LogP contribution is 2.33. The molecule has 2 aromatic carbocycles. The first-order valence-corrected chi connectivity index (χ1v) is 7.71. The number of rotatable bonds is 2. The number of fused-ring (bicyclic) bond motifs is 1. The Morgan fingerprint density at radius 3 is 2.58 bits per heavy atom. The fraction of sp³-hybridized carbons (Fsp3) is 0.235. The van der Waals surface area contributed by atoms with Gasteiger partial charge < -0.3 is 0 Å². The Balaban J connectivity index is 1.95. The van der Waals surface area contributed by atoms with Crippen molar-refractivity contribution in [3.05, 3.63) is 68.8 Å². The number of carbonyl (C=O) groups is 1. The first-order chi connectivity index (χ1) is 9.25. The molecular formula is C17H15IO. The number of carbonyl (C=O) groups excluding carboxylic acids is 1. The van der Waals surface area contributed by atoms with Gasteiger partial charge in [0.15, 0.2) is 5.78 Å². The second kappa shape index (κ2) is 5.45. The third kappa shape index (κ3) is 2.59. The molecule has 0 saturated heterocycles. The first-order valence-electron chi connectivity index (χ1n) is 6.63. The first kappa shape index (κ1) is 12.9. The molecule has 2 heteroatoms. The van der Waals surface area contributed by atoms with Crippen LogP contribution in [0.15, 0.2) is 48.5 Å². The lowest BCUT2D eigenvalue weighted by atomic mass is 9.79. The van der Waals surface area contributed by atoms with Crippen LogP contribution >= 0.6 is 22.6 Å². The van der Waals surface area contributed by atoms with Gasteiger partial charge >= 0.3 is 0 Å². The van der Waals surface area contributed by atoms with Crippen molar-refractivity contribution in [2.75, 3.05) is 0 Å². The van der Waals surface area contributed by atoms with Crippen molar-refractivity contribution >= 4 is 28.4 Å². The Kier molecular flexibility index (Phi) is 3.69. The molecule has 3 rings (SSSR count). The summed E-state index contributed by atoms with van der Waals surface area (Å²) in [7, 11) is 0. The molecule has 1 nitrogen and oxygen atoms in total. The van der Waals surface area contributed by atoms with E-state index in [0.717, 1.165) is 28.4 Å². The molecule has 1 aliphatic rings. The summed E-state index contributed by atoms with van der Waals surface area (Å²) in [6.07, 6.45) is 3.19. The predicted molar refractivity (Wildman–Crippen MR) is 85.6 cm³/mol. The molecule has 0 heterocycles. The molecule has 0 aromatic heterocycles. The molecule has 0 spiro atoms. The monoisotopic (exact) mass is 362 g/mol. The molecule has 0 amide bonds. The Morgan fingerprint density at radius 1 is 1.05 bits per heavy atom. The molecule has 0 bridgehead atoms. The second-order valence-electron chi connectivity index (χ2n) is 5.01. The fourth-order valence-electron chi connectivity index (χ4n) is 2.84. The molecule has 0 radical (unpaired) electrons. The zero-order chi connectivity index (χ0) is 13.2. The van der Waals surface area contributed by atoms with Crippen LogP contribution in [0.5, 0.6) is 0 Å². The number of halogens is 1. The van der Waals surface area contributed by atoms with Crippen LogP contribution < -0.4 is 0 Å². The topological polar surface area (TPSA) is 17.1 Å². The van der Waals surface area contributed by atoms with Crippen LogP contribution in [0.25, 0.3) is 0 Å². The SMILES string of the molecule is O=C(c1ccc(I)cc1)C1CCCc2ccccc21. The minimum absolute atomic E-state index is 0.0463. The van der Waals surface area contributed by atoms with Crippen LogP contribution in [-0.4, -0.2) is 5.78 Å². The average Bonchev–Trinajstić information content (AvgIpc) is 2.47. The molecule has 2 aromatic rings. The minimum atomic E-state index is 0.0463. The summed E-state index contributed by atoms with van der Waals surface area (Å²) in [6, 6.07) is 16.3. The number of hydrogen-bond donors (Lipinski definition) is 0. The highest BCUT2D eigenvalue weighted by Gasteiger charge is 2.26. The number of ketones is 1. The van der Waals surface area contributed by atoms with Gasteiger partial charge in [-0.05, 0) is 65.1 Å². The van der Waals surface area contributed by atoms with Crippen molar-refractivity contribution in [1.29, 1.82) is 0 Å². The van der Waals surface area contributed by atoms with Crippen molar-refractivity contribution < 1.29 is 4.79 Å². The van der Waals surface area contributed by atoms with Gasteiger partial charge in [-0.15, -0.1) is 0 Å². The average molecular weight is 362 g/mol. The van der Waals surface area contributed by atoms with Crippen LogP contribution in [0.3, 0.4) is 0 Å². The maximum absolute atomic E-state index is 12.7. The van der Waals surface area contributed by atoms with Crippen LogP contribution in [0, 0.1) is 3.57 Å². The van der Waals surface area contributed by atoms with Gasteiger partial charge in [0.05, 0.1) is 0 Å². The van der Waals surface area contributed by atoms with Crippen molar-refractivity contribution in [2.24, 2.45) is 0 Å². The Labute approximate surface area is 127 Å². The third-order valence-corrected chi connectivity index (χ3v) is 4.53. The highest BCUT2D eigenvalue weighted by atomic mass is 127. The van der Waals surface area contributed by atoms with Crippen molar-refractivity contribution in [2.45, 2.75) is 25.2 Å². The minimum Gasteiger partial charge on any atom is -0.293 e. The lowest BCUT2D eigenvalue weighted by Gasteiger charge is -2.24. The summed E-state index contributed by atoms with van der Waals surface area (Å²) < 4.78 is 1.16. The number of benzene rings is 2. The lowest BCUT2D eigenvalue weighted by molar-refractivity contribution is 0.0951. The molecule has 1 aliphatic carbocycles. The lowest BCUT2D eigenvalue weighted by Crippen LogP contribution is -2.18. The van der Waals surface area contributed by atoms with E-state index in [1.54, 1.807) is 0 Å².